The maximum atomic E-state index is 13.3. The molecule has 2 rings (SSSR count). The van der Waals surface area contributed by atoms with E-state index < -0.39 is 29.8 Å². The van der Waals surface area contributed by atoms with E-state index in [1.807, 2.05) is 0 Å². The average molecular weight is 237 g/mol. The molecule has 0 aromatic heterocycles. The third-order valence-electron chi connectivity index (χ3n) is 2.52. The van der Waals surface area contributed by atoms with E-state index in [0.29, 0.717) is 0 Å². The highest BCUT2D eigenvalue weighted by Crippen LogP contribution is 2.40. The molecule has 1 aromatic rings. The lowest BCUT2D eigenvalue weighted by molar-refractivity contribution is -0.138. The predicted octanol–water partition coefficient (Wildman–Crippen LogP) is 2.90. The third-order valence-corrected chi connectivity index (χ3v) is 2.52. The zero-order chi connectivity index (χ0) is 12.0. The number of alkyl halides is 5. The molecular weight excluding hydrogens is 229 g/mol. The van der Waals surface area contributed by atoms with Gasteiger partial charge in [-0.1, -0.05) is 12.1 Å². The van der Waals surface area contributed by atoms with Gasteiger partial charge in [-0.2, -0.15) is 22.0 Å². The van der Waals surface area contributed by atoms with Crippen molar-refractivity contribution in [2.24, 2.45) is 0 Å². The Hall–Kier alpha value is -1.17. The first-order chi connectivity index (χ1) is 7.32. The number of benzene rings is 1. The molecule has 0 atom stereocenters. The molecule has 1 nitrogen and oxygen atoms in total. The lowest BCUT2D eigenvalue weighted by Crippen LogP contribution is -2.38. The first-order valence-corrected chi connectivity index (χ1v) is 4.60. The molecule has 0 fully saturated rings. The minimum Gasteiger partial charge on any atom is -0.307 e. The minimum absolute atomic E-state index is 0.180. The van der Waals surface area contributed by atoms with E-state index in [1.54, 1.807) is 0 Å². The molecule has 1 aromatic carbocycles. The van der Waals surface area contributed by atoms with Crippen LogP contribution in [0.15, 0.2) is 18.2 Å². The molecule has 1 heterocycles. The Bertz CT molecular complexity index is 396. The smallest absolute Gasteiger partial charge is 0.307 e. The van der Waals surface area contributed by atoms with Gasteiger partial charge >= 0.3 is 6.18 Å². The molecule has 0 radical (unpaired) electrons. The van der Waals surface area contributed by atoms with Gasteiger partial charge in [-0.15, -0.1) is 0 Å². The van der Waals surface area contributed by atoms with Crippen LogP contribution in [0.3, 0.4) is 0 Å². The standard InChI is InChI=1S/C10H8F5N/c11-9(12)5-16-4-6-7(9)2-1-3-8(6)10(13,14)15/h1-3,16H,4-5H2. The fourth-order valence-electron chi connectivity index (χ4n) is 1.83. The van der Waals surface area contributed by atoms with Gasteiger partial charge in [0, 0.05) is 12.1 Å². The van der Waals surface area contributed by atoms with Crippen molar-refractivity contribution in [1.82, 2.24) is 5.32 Å². The maximum absolute atomic E-state index is 13.3. The highest BCUT2D eigenvalue weighted by Gasteiger charge is 2.42. The first kappa shape index (κ1) is 11.3. The van der Waals surface area contributed by atoms with Crippen LogP contribution in [0.4, 0.5) is 22.0 Å². The number of hydrogen-bond donors (Lipinski definition) is 1. The maximum Gasteiger partial charge on any atom is 0.416 e. The summed E-state index contributed by atoms with van der Waals surface area (Å²) in [5, 5.41) is 2.29. The van der Waals surface area contributed by atoms with Gasteiger partial charge in [0.1, 0.15) is 0 Å². The summed E-state index contributed by atoms with van der Waals surface area (Å²) in [5.41, 5.74) is -1.87. The summed E-state index contributed by atoms with van der Waals surface area (Å²) in [6.45, 7) is -0.804. The Morgan fingerprint density at radius 3 is 2.50 bits per heavy atom. The monoisotopic (exact) mass is 237 g/mol. The number of halogens is 5. The van der Waals surface area contributed by atoms with E-state index in [2.05, 4.69) is 5.32 Å². The largest absolute Gasteiger partial charge is 0.416 e. The Morgan fingerprint density at radius 1 is 1.19 bits per heavy atom. The molecule has 0 amide bonds. The molecule has 0 bridgehead atoms. The summed E-state index contributed by atoms with van der Waals surface area (Å²) >= 11 is 0. The molecule has 1 aliphatic heterocycles. The molecule has 0 saturated carbocycles. The van der Waals surface area contributed by atoms with Gasteiger partial charge in [0.25, 0.3) is 5.92 Å². The second-order valence-electron chi connectivity index (χ2n) is 3.64. The van der Waals surface area contributed by atoms with Crippen molar-refractivity contribution in [2.45, 2.75) is 18.6 Å². The van der Waals surface area contributed by atoms with Crippen molar-refractivity contribution >= 4 is 0 Å². The van der Waals surface area contributed by atoms with Crippen molar-refractivity contribution in [3.8, 4) is 0 Å². The molecule has 16 heavy (non-hydrogen) atoms. The van der Waals surface area contributed by atoms with Gasteiger partial charge in [-0.3, -0.25) is 0 Å². The van der Waals surface area contributed by atoms with E-state index in [9.17, 15) is 22.0 Å². The quantitative estimate of drug-likeness (QED) is 0.684. The molecule has 0 saturated heterocycles. The Morgan fingerprint density at radius 2 is 1.88 bits per heavy atom. The fourth-order valence-corrected chi connectivity index (χ4v) is 1.83. The molecule has 0 spiro atoms. The number of nitrogens with one attached hydrogen (secondary N) is 1. The summed E-state index contributed by atoms with van der Waals surface area (Å²) in [7, 11) is 0. The van der Waals surface area contributed by atoms with Gasteiger partial charge in [-0.25, -0.2) is 0 Å². The summed E-state index contributed by atoms with van der Waals surface area (Å²) in [5.74, 6) is -3.24. The molecule has 1 aliphatic rings. The summed E-state index contributed by atoms with van der Waals surface area (Å²) < 4.78 is 64.3. The van der Waals surface area contributed by atoms with Crippen LogP contribution in [0.25, 0.3) is 0 Å². The SMILES string of the molecule is FC(F)(F)c1cccc2c1CNCC2(F)F. The molecule has 0 unspecified atom stereocenters. The molecule has 88 valence electrons. The van der Waals surface area contributed by atoms with Crippen molar-refractivity contribution in [2.75, 3.05) is 6.54 Å². The first-order valence-electron chi connectivity index (χ1n) is 4.60. The summed E-state index contributed by atoms with van der Waals surface area (Å²) in [6.07, 6.45) is -4.60. The Balaban J connectivity index is 2.61. The Labute approximate surface area is 88.3 Å². The van der Waals surface area contributed by atoms with Gasteiger partial charge in [0.2, 0.25) is 0 Å². The lowest BCUT2D eigenvalue weighted by Gasteiger charge is -2.28. The van der Waals surface area contributed by atoms with E-state index in [1.165, 1.54) is 0 Å². The highest BCUT2D eigenvalue weighted by molar-refractivity contribution is 5.41. The lowest BCUT2D eigenvalue weighted by atomic mass is 9.93. The summed E-state index contributed by atoms with van der Waals surface area (Å²) in [4.78, 5) is 0. The Kier molecular flexibility index (Phi) is 2.41. The van der Waals surface area contributed by atoms with Crippen molar-refractivity contribution in [3.05, 3.63) is 34.9 Å². The van der Waals surface area contributed by atoms with E-state index >= 15 is 0 Å². The summed E-state index contributed by atoms with van der Waals surface area (Å²) in [6, 6.07) is 2.88. The van der Waals surface area contributed by atoms with Gasteiger partial charge in [-0.05, 0) is 11.6 Å². The van der Waals surface area contributed by atoms with E-state index in [4.69, 9.17) is 0 Å². The fraction of sp³-hybridized carbons (Fsp3) is 0.400. The number of hydrogen-bond acceptors (Lipinski definition) is 1. The van der Waals surface area contributed by atoms with Crippen LogP contribution in [-0.2, 0) is 18.6 Å². The van der Waals surface area contributed by atoms with Gasteiger partial charge < -0.3 is 5.32 Å². The molecular formula is C10H8F5N. The van der Waals surface area contributed by atoms with Crippen LogP contribution in [0.2, 0.25) is 0 Å². The zero-order valence-electron chi connectivity index (χ0n) is 8.04. The van der Waals surface area contributed by atoms with Crippen molar-refractivity contribution < 1.29 is 22.0 Å². The number of rotatable bonds is 0. The average Bonchev–Trinajstić information content (AvgIpc) is 2.15. The van der Waals surface area contributed by atoms with E-state index in [-0.39, 0.29) is 12.1 Å². The third kappa shape index (κ3) is 1.77. The normalized spacial score (nSPS) is 19.3. The molecule has 0 aliphatic carbocycles. The van der Waals surface area contributed by atoms with Crippen LogP contribution in [-0.4, -0.2) is 6.54 Å². The van der Waals surface area contributed by atoms with Crippen LogP contribution in [0, 0.1) is 0 Å². The van der Waals surface area contributed by atoms with Crippen LogP contribution < -0.4 is 5.32 Å². The topological polar surface area (TPSA) is 12.0 Å². The van der Waals surface area contributed by atoms with E-state index in [0.717, 1.165) is 18.2 Å². The second kappa shape index (κ2) is 3.41. The minimum atomic E-state index is -4.60. The second-order valence-corrected chi connectivity index (χ2v) is 3.64. The number of fused-ring (bicyclic) bond motifs is 1. The van der Waals surface area contributed by atoms with Gasteiger partial charge in [0.05, 0.1) is 12.1 Å². The zero-order valence-corrected chi connectivity index (χ0v) is 8.04. The van der Waals surface area contributed by atoms with Crippen molar-refractivity contribution in [1.29, 1.82) is 0 Å². The predicted molar refractivity (Wildman–Crippen MR) is 47.0 cm³/mol. The van der Waals surface area contributed by atoms with Crippen molar-refractivity contribution in [3.63, 3.8) is 0 Å². The highest BCUT2D eigenvalue weighted by atomic mass is 19.4. The van der Waals surface area contributed by atoms with Crippen LogP contribution in [0.1, 0.15) is 16.7 Å². The van der Waals surface area contributed by atoms with Crippen LogP contribution >= 0.6 is 0 Å². The van der Waals surface area contributed by atoms with Crippen LogP contribution in [0.5, 0.6) is 0 Å². The molecule has 6 heteroatoms. The van der Waals surface area contributed by atoms with Gasteiger partial charge in [0.15, 0.2) is 0 Å². The molecule has 1 N–H and O–H groups in total.